The van der Waals surface area contributed by atoms with Crippen molar-refractivity contribution in [2.24, 2.45) is 10.9 Å². The first-order valence-corrected chi connectivity index (χ1v) is 12.3. The van der Waals surface area contributed by atoms with E-state index in [0.29, 0.717) is 18.0 Å². The molecule has 0 saturated carbocycles. The van der Waals surface area contributed by atoms with Crippen molar-refractivity contribution in [2.75, 3.05) is 73.6 Å². The Balaban J connectivity index is 0.00000385. The molecular formula is C25H45IN6O. The van der Waals surface area contributed by atoms with E-state index in [4.69, 9.17) is 4.74 Å². The zero-order valence-electron chi connectivity index (χ0n) is 21.2. The predicted molar refractivity (Wildman–Crippen MR) is 149 cm³/mol. The Kier molecular flexibility index (Phi) is 12.2. The molecule has 0 aliphatic carbocycles. The lowest BCUT2D eigenvalue weighted by molar-refractivity contribution is 0.0899. The summed E-state index contributed by atoms with van der Waals surface area (Å²) in [5.41, 5.74) is 1.30. The van der Waals surface area contributed by atoms with E-state index < -0.39 is 0 Å². The van der Waals surface area contributed by atoms with Crippen LogP contribution in [0.25, 0.3) is 0 Å². The van der Waals surface area contributed by atoms with Gasteiger partial charge in [-0.15, -0.1) is 24.0 Å². The molecule has 3 rings (SSSR count). The van der Waals surface area contributed by atoms with Crippen molar-refractivity contribution in [3.8, 4) is 5.75 Å². The van der Waals surface area contributed by atoms with E-state index >= 15 is 0 Å². The molecule has 2 aliphatic heterocycles. The number of ether oxygens (including phenoxy) is 1. The van der Waals surface area contributed by atoms with Gasteiger partial charge in [-0.2, -0.15) is 0 Å². The highest BCUT2D eigenvalue weighted by atomic mass is 127. The number of nitrogens with one attached hydrogen (secondary N) is 2. The minimum absolute atomic E-state index is 0. The number of guanidine groups is 1. The molecule has 1 aromatic carbocycles. The molecule has 0 amide bonds. The Labute approximate surface area is 218 Å². The van der Waals surface area contributed by atoms with Crippen LogP contribution in [-0.2, 0) is 0 Å². The summed E-state index contributed by atoms with van der Waals surface area (Å²) < 4.78 is 5.48. The molecule has 188 valence electrons. The fourth-order valence-corrected chi connectivity index (χ4v) is 4.92. The molecule has 0 bridgehead atoms. The van der Waals surface area contributed by atoms with E-state index in [1.807, 2.05) is 13.1 Å². The van der Waals surface area contributed by atoms with Crippen LogP contribution in [0.5, 0.6) is 5.75 Å². The molecule has 1 aromatic rings. The minimum Gasteiger partial charge on any atom is -0.497 e. The number of piperazine rings is 1. The van der Waals surface area contributed by atoms with E-state index in [-0.39, 0.29) is 24.0 Å². The van der Waals surface area contributed by atoms with E-state index in [1.54, 1.807) is 7.11 Å². The number of likely N-dealkylation sites (N-methyl/N-ethyl adjacent to an activating group) is 1. The molecule has 7 nitrogen and oxygen atoms in total. The first kappa shape index (κ1) is 28.1. The first-order valence-electron chi connectivity index (χ1n) is 12.3. The van der Waals surface area contributed by atoms with Gasteiger partial charge in [-0.1, -0.05) is 26.0 Å². The van der Waals surface area contributed by atoms with Crippen molar-refractivity contribution >= 4 is 29.9 Å². The summed E-state index contributed by atoms with van der Waals surface area (Å²) in [7, 11) is 5.82. The second-order valence-electron chi connectivity index (χ2n) is 9.52. The molecule has 2 aliphatic rings. The van der Waals surface area contributed by atoms with Crippen molar-refractivity contribution < 1.29 is 4.74 Å². The second kappa shape index (κ2) is 14.3. The zero-order valence-corrected chi connectivity index (χ0v) is 23.5. The normalized spacial score (nSPS) is 20.4. The molecule has 0 aromatic heterocycles. The third-order valence-corrected chi connectivity index (χ3v) is 7.00. The highest BCUT2D eigenvalue weighted by Gasteiger charge is 2.26. The standard InChI is InChI=1S/C25H44N6O.HI/c1-20(2)23(31-15-13-29(4)14-16-31)18-27-25(26-3)28-19-24(30-11-6-7-12-30)21-9-8-10-22(17-21)32-5;/h8-10,17,20,23-24H,6-7,11-16,18-19H2,1-5H3,(H2,26,27,28);1H. The molecule has 2 fully saturated rings. The molecule has 8 heteroatoms. The van der Waals surface area contributed by atoms with Gasteiger partial charge >= 0.3 is 0 Å². The maximum atomic E-state index is 5.48. The number of benzene rings is 1. The summed E-state index contributed by atoms with van der Waals surface area (Å²) in [5.74, 6) is 2.40. The van der Waals surface area contributed by atoms with E-state index in [2.05, 4.69) is 69.4 Å². The minimum atomic E-state index is 0. The quantitative estimate of drug-likeness (QED) is 0.270. The third kappa shape index (κ3) is 8.26. The van der Waals surface area contributed by atoms with Crippen molar-refractivity contribution in [2.45, 2.75) is 38.8 Å². The van der Waals surface area contributed by atoms with E-state index in [0.717, 1.165) is 64.1 Å². The van der Waals surface area contributed by atoms with Crippen molar-refractivity contribution in [3.05, 3.63) is 29.8 Å². The molecule has 0 spiro atoms. The van der Waals surface area contributed by atoms with Gasteiger partial charge in [0.15, 0.2) is 5.96 Å². The number of methoxy groups -OCH3 is 1. The van der Waals surface area contributed by atoms with Gasteiger partial charge in [0.25, 0.3) is 0 Å². The Bertz CT molecular complexity index is 717. The lowest BCUT2D eigenvalue weighted by atomic mass is 10.0. The maximum Gasteiger partial charge on any atom is 0.191 e. The fraction of sp³-hybridized carbons (Fsp3) is 0.720. The summed E-state index contributed by atoms with van der Waals surface area (Å²) in [6, 6.07) is 9.31. The van der Waals surface area contributed by atoms with Gasteiger partial charge in [0.1, 0.15) is 5.75 Å². The second-order valence-corrected chi connectivity index (χ2v) is 9.52. The lowest BCUT2D eigenvalue weighted by Gasteiger charge is -2.40. The fourth-order valence-electron chi connectivity index (χ4n) is 4.92. The molecule has 2 heterocycles. The highest BCUT2D eigenvalue weighted by Crippen LogP contribution is 2.27. The summed E-state index contributed by atoms with van der Waals surface area (Å²) in [6.07, 6.45) is 2.54. The number of hydrogen-bond acceptors (Lipinski definition) is 5. The van der Waals surface area contributed by atoms with E-state index in [1.165, 1.54) is 18.4 Å². The molecule has 2 unspecified atom stereocenters. The Morgan fingerprint density at radius 2 is 1.67 bits per heavy atom. The number of rotatable bonds is 9. The average molecular weight is 573 g/mol. The lowest BCUT2D eigenvalue weighted by Crippen LogP contribution is -2.55. The number of aliphatic imine (C=N–C) groups is 1. The van der Waals surface area contributed by atoms with Crippen LogP contribution in [0.4, 0.5) is 0 Å². The Morgan fingerprint density at radius 1 is 1.00 bits per heavy atom. The molecule has 2 N–H and O–H groups in total. The van der Waals surface area contributed by atoms with Crippen LogP contribution in [0.1, 0.15) is 38.3 Å². The van der Waals surface area contributed by atoms with Gasteiger partial charge in [0.05, 0.1) is 13.2 Å². The van der Waals surface area contributed by atoms with Gasteiger partial charge in [0.2, 0.25) is 0 Å². The van der Waals surface area contributed by atoms with Gasteiger partial charge in [-0.3, -0.25) is 14.8 Å². The van der Waals surface area contributed by atoms with Crippen LogP contribution in [0, 0.1) is 5.92 Å². The van der Waals surface area contributed by atoms with Gasteiger partial charge in [-0.05, 0) is 56.6 Å². The monoisotopic (exact) mass is 572 g/mol. The number of nitrogens with zero attached hydrogens (tertiary/aromatic N) is 4. The van der Waals surface area contributed by atoms with Crippen molar-refractivity contribution in [1.29, 1.82) is 0 Å². The Hall–Kier alpha value is -1.10. The number of halogens is 1. The van der Waals surface area contributed by atoms with Crippen LogP contribution < -0.4 is 15.4 Å². The summed E-state index contributed by atoms with van der Waals surface area (Å²) >= 11 is 0. The predicted octanol–water partition coefficient (Wildman–Crippen LogP) is 2.89. The number of hydrogen-bond donors (Lipinski definition) is 2. The van der Waals surface area contributed by atoms with Gasteiger partial charge < -0.3 is 20.3 Å². The van der Waals surface area contributed by atoms with Gasteiger partial charge in [-0.25, -0.2) is 0 Å². The summed E-state index contributed by atoms with van der Waals surface area (Å²) in [6.45, 7) is 13.3. The summed E-state index contributed by atoms with van der Waals surface area (Å²) in [5, 5.41) is 7.24. The largest absolute Gasteiger partial charge is 0.497 e. The third-order valence-electron chi connectivity index (χ3n) is 7.00. The van der Waals surface area contributed by atoms with Crippen molar-refractivity contribution in [3.63, 3.8) is 0 Å². The van der Waals surface area contributed by atoms with E-state index in [9.17, 15) is 0 Å². The Morgan fingerprint density at radius 3 is 2.27 bits per heavy atom. The average Bonchev–Trinajstić information content (AvgIpc) is 3.33. The molecule has 0 radical (unpaired) electrons. The maximum absolute atomic E-state index is 5.48. The molecule has 33 heavy (non-hydrogen) atoms. The SMILES string of the molecule is CN=C(NCC(c1cccc(OC)c1)N1CCCC1)NCC(C(C)C)N1CCN(C)CC1.I. The van der Waals surface area contributed by atoms with Crippen molar-refractivity contribution in [1.82, 2.24) is 25.3 Å². The van der Waals surface area contributed by atoms with Crippen LogP contribution >= 0.6 is 24.0 Å². The molecule has 2 saturated heterocycles. The summed E-state index contributed by atoms with van der Waals surface area (Å²) in [4.78, 5) is 12.2. The highest BCUT2D eigenvalue weighted by molar-refractivity contribution is 14.0. The van der Waals surface area contributed by atoms with Crippen LogP contribution in [0.2, 0.25) is 0 Å². The van der Waals surface area contributed by atoms with Gasteiger partial charge in [0, 0.05) is 52.4 Å². The topological polar surface area (TPSA) is 55.4 Å². The van der Waals surface area contributed by atoms with Crippen LogP contribution in [-0.4, -0.2) is 100 Å². The smallest absolute Gasteiger partial charge is 0.191 e. The first-order chi connectivity index (χ1) is 15.5. The van der Waals surface area contributed by atoms with Crippen LogP contribution in [0.15, 0.2) is 29.3 Å². The molecule has 2 atom stereocenters. The van der Waals surface area contributed by atoms with Crippen LogP contribution in [0.3, 0.4) is 0 Å². The molecular weight excluding hydrogens is 527 g/mol. The number of likely N-dealkylation sites (tertiary alicyclic amines) is 1. The zero-order chi connectivity index (χ0) is 22.9.